The number of ether oxygens (including phenoxy) is 1. The molecule has 1 fully saturated rings. The van der Waals surface area contributed by atoms with Crippen LogP contribution >= 0.6 is 0 Å². The molecule has 0 N–H and O–H groups in total. The number of aromatic nitrogens is 2. The van der Waals surface area contributed by atoms with E-state index in [0.29, 0.717) is 5.69 Å². The summed E-state index contributed by atoms with van der Waals surface area (Å²) in [5.41, 5.74) is 1.47. The fourth-order valence-corrected chi connectivity index (χ4v) is 1.77. The van der Waals surface area contributed by atoms with Gasteiger partial charge in [0.2, 0.25) is 0 Å². The highest BCUT2D eigenvalue weighted by Crippen LogP contribution is 2.23. The van der Waals surface area contributed by atoms with Gasteiger partial charge in [-0.25, -0.2) is 4.68 Å². The lowest BCUT2D eigenvalue weighted by Crippen LogP contribution is -2.20. The van der Waals surface area contributed by atoms with Crippen molar-refractivity contribution in [2.75, 3.05) is 6.61 Å². The zero-order valence-electron chi connectivity index (χ0n) is 8.27. The summed E-state index contributed by atoms with van der Waals surface area (Å²) in [6.45, 7) is 2.65. The maximum atomic E-state index is 10.8. The number of rotatable bonds is 2. The third-order valence-electron chi connectivity index (χ3n) is 2.44. The molecule has 1 aromatic rings. The molecule has 1 unspecified atom stereocenters. The number of hydrogen-bond acceptors (Lipinski definition) is 3. The largest absolute Gasteiger partial charge is 0.356 e. The van der Waals surface area contributed by atoms with Gasteiger partial charge in [0.05, 0.1) is 5.69 Å². The van der Waals surface area contributed by atoms with Gasteiger partial charge in [-0.3, -0.25) is 4.79 Å². The molecule has 2 rings (SSSR count). The second-order valence-electron chi connectivity index (χ2n) is 3.59. The monoisotopic (exact) mass is 194 g/mol. The molecule has 1 saturated heterocycles. The van der Waals surface area contributed by atoms with Gasteiger partial charge >= 0.3 is 0 Å². The van der Waals surface area contributed by atoms with Gasteiger partial charge in [0.15, 0.2) is 12.5 Å². The first-order valence-electron chi connectivity index (χ1n) is 4.94. The van der Waals surface area contributed by atoms with Gasteiger partial charge in [0.25, 0.3) is 0 Å². The second-order valence-corrected chi connectivity index (χ2v) is 3.59. The van der Waals surface area contributed by atoms with Gasteiger partial charge in [-0.05, 0) is 32.3 Å². The number of aldehydes is 1. The van der Waals surface area contributed by atoms with Crippen LogP contribution in [0.3, 0.4) is 0 Å². The lowest BCUT2D eigenvalue weighted by molar-refractivity contribution is -0.0404. The maximum Gasteiger partial charge on any atom is 0.168 e. The molecule has 76 valence electrons. The van der Waals surface area contributed by atoms with Gasteiger partial charge in [0, 0.05) is 6.61 Å². The molecule has 1 aromatic heterocycles. The smallest absolute Gasteiger partial charge is 0.168 e. The highest BCUT2D eigenvalue weighted by molar-refractivity contribution is 5.72. The minimum absolute atomic E-state index is 0.0438. The van der Waals surface area contributed by atoms with E-state index in [1.54, 1.807) is 10.7 Å². The molecule has 2 heterocycles. The molecule has 1 aliphatic rings. The molecule has 0 aromatic carbocycles. The molecule has 0 aliphatic carbocycles. The minimum Gasteiger partial charge on any atom is -0.356 e. The third kappa shape index (κ3) is 1.70. The highest BCUT2D eigenvalue weighted by atomic mass is 16.5. The van der Waals surface area contributed by atoms with Crippen LogP contribution in [0, 0.1) is 6.92 Å². The molecule has 0 radical (unpaired) electrons. The molecule has 1 atom stereocenters. The predicted octanol–water partition coefficient (Wildman–Crippen LogP) is 1.70. The Bertz CT molecular complexity index is 327. The van der Waals surface area contributed by atoms with Gasteiger partial charge < -0.3 is 4.74 Å². The number of hydrogen-bond donors (Lipinski definition) is 0. The van der Waals surface area contributed by atoms with Crippen molar-refractivity contribution in [1.82, 2.24) is 9.78 Å². The summed E-state index contributed by atoms with van der Waals surface area (Å²) < 4.78 is 7.26. The van der Waals surface area contributed by atoms with E-state index in [4.69, 9.17) is 4.74 Å². The van der Waals surface area contributed by atoms with Crippen molar-refractivity contribution in [3.63, 3.8) is 0 Å². The van der Waals surface area contributed by atoms with Crippen LogP contribution in [0.5, 0.6) is 0 Å². The molecule has 0 spiro atoms. The van der Waals surface area contributed by atoms with Gasteiger partial charge in [-0.2, -0.15) is 5.10 Å². The first-order valence-corrected chi connectivity index (χ1v) is 4.94. The highest BCUT2D eigenvalue weighted by Gasteiger charge is 2.19. The van der Waals surface area contributed by atoms with E-state index in [9.17, 15) is 4.79 Å². The molecule has 0 amide bonds. The van der Waals surface area contributed by atoms with Crippen molar-refractivity contribution in [1.29, 1.82) is 0 Å². The van der Waals surface area contributed by atoms with E-state index in [1.807, 2.05) is 6.92 Å². The van der Waals surface area contributed by atoms with E-state index >= 15 is 0 Å². The number of aryl methyl sites for hydroxylation is 1. The fourth-order valence-electron chi connectivity index (χ4n) is 1.77. The van der Waals surface area contributed by atoms with E-state index in [1.165, 1.54) is 0 Å². The van der Waals surface area contributed by atoms with E-state index < -0.39 is 0 Å². The van der Waals surface area contributed by atoms with Crippen molar-refractivity contribution in [3.05, 3.63) is 17.5 Å². The van der Waals surface area contributed by atoms with Crippen LogP contribution in [-0.4, -0.2) is 22.7 Å². The van der Waals surface area contributed by atoms with E-state index in [-0.39, 0.29) is 6.23 Å². The first kappa shape index (κ1) is 9.40. The van der Waals surface area contributed by atoms with Crippen molar-refractivity contribution >= 4 is 6.29 Å². The first-order chi connectivity index (χ1) is 6.81. The molecule has 0 bridgehead atoms. The van der Waals surface area contributed by atoms with E-state index in [0.717, 1.165) is 37.8 Å². The lowest BCUT2D eigenvalue weighted by atomic mass is 10.2. The zero-order valence-corrected chi connectivity index (χ0v) is 8.27. The predicted molar refractivity (Wildman–Crippen MR) is 51.2 cm³/mol. The summed E-state index contributed by atoms with van der Waals surface area (Å²) in [7, 11) is 0. The Morgan fingerprint density at radius 1 is 1.64 bits per heavy atom. The molecule has 1 aliphatic heterocycles. The molecule has 4 nitrogen and oxygen atoms in total. The molecule has 14 heavy (non-hydrogen) atoms. The van der Waals surface area contributed by atoms with Gasteiger partial charge in [0.1, 0.15) is 5.69 Å². The van der Waals surface area contributed by atoms with Crippen LogP contribution < -0.4 is 0 Å². The average Bonchev–Trinajstić information content (AvgIpc) is 2.61. The van der Waals surface area contributed by atoms with Crippen LogP contribution in [0.2, 0.25) is 0 Å². The maximum absolute atomic E-state index is 10.8. The Morgan fingerprint density at radius 3 is 3.14 bits per heavy atom. The molecular weight excluding hydrogens is 180 g/mol. The number of carbonyl (C=O) groups is 1. The van der Waals surface area contributed by atoms with Crippen LogP contribution in [0.1, 0.15) is 41.7 Å². The van der Waals surface area contributed by atoms with Gasteiger partial charge in [-0.15, -0.1) is 0 Å². The minimum atomic E-state index is -0.0438. The van der Waals surface area contributed by atoms with E-state index in [2.05, 4.69) is 5.10 Å². The molecule has 4 heteroatoms. The summed E-state index contributed by atoms with van der Waals surface area (Å²) >= 11 is 0. The van der Waals surface area contributed by atoms with Crippen LogP contribution in [0.25, 0.3) is 0 Å². The zero-order chi connectivity index (χ0) is 9.97. The van der Waals surface area contributed by atoms with Crippen molar-refractivity contribution < 1.29 is 9.53 Å². The quantitative estimate of drug-likeness (QED) is 0.673. The SMILES string of the molecule is Cc1cc(C=O)n(C2CCCCO2)n1. The Balaban J connectivity index is 2.24. The van der Waals surface area contributed by atoms with Gasteiger partial charge in [-0.1, -0.05) is 0 Å². The van der Waals surface area contributed by atoms with Crippen LogP contribution in [-0.2, 0) is 4.74 Å². The molecular formula is C10H14N2O2. The summed E-state index contributed by atoms with van der Waals surface area (Å²) in [5, 5.41) is 4.27. The Hall–Kier alpha value is -1.16. The summed E-state index contributed by atoms with van der Waals surface area (Å²) in [5.74, 6) is 0. The second kappa shape index (κ2) is 3.92. The summed E-state index contributed by atoms with van der Waals surface area (Å²) in [6, 6.07) is 1.78. The van der Waals surface area contributed by atoms with Crippen molar-refractivity contribution in [2.24, 2.45) is 0 Å². The third-order valence-corrected chi connectivity index (χ3v) is 2.44. The lowest BCUT2D eigenvalue weighted by Gasteiger charge is -2.23. The summed E-state index contributed by atoms with van der Waals surface area (Å²) in [6.07, 6.45) is 3.98. The Labute approximate surface area is 82.9 Å². The molecule has 0 saturated carbocycles. The Kier molecular flexibility index (Phi) is 2.63. The van der Waals surface area contributed by atoms with Crippen molar-refractivity contribution in [2.45, 2.75) is 32.4 Å². The normalized spacial score (nSPS) is 22.2. The fraction of sp³-hybridized carbons (Fsp3) is 0.600. The Morgan fingerprint density at radius 2 is 2.50 bits per heavy atom. The average molecular weight is 194 g/mol. The number of carbonyl (C=O) groups excluding carboxylic acids is 1. The van der Waals surface area contributed by atoms with Crippen molar-refractivity contribution in [3.8, 4) is 0 Å². The topological polar surface area (TPSA) is 44.1 Å². The standard InChI is InChI=1S/C10H14N2O2/c1-8-6-9(7-13)12(11-8)10-4-2-3-5-14-10/h6-7,10H,2-5H2,1H3. The number of nitrogens with zero attached hydrogens (tertiary/aromatic N) is 2. The van der Waals surface area contributed by atoms with Crippen LogP contribution in [0.15, 0.2) is 6.07 Å². The van der Waals surface area contributed by atoms with Crippen LogP contribution in [0.4, 0.5) is 0 Å². The summed E-state index contributed by atoms with van der Waals surface area (Å²) in [4.78, 5) is 10.8.